The van der Waals surface area contributed by atoms with Gasteiger partial charge in [-0.25, -0.2) is 4.79 Å². The number of carboxylic acid groups (broad SMARTS) is 1. The smallest absolute Gasteiger partial charge is 0.339 e. The molecule has 14 heavy (non-hydrogen) atoms. The number of phenols is 1. The normalized spacial score (nSPS) is 8.21. The largest absolute Gasteiger partial charge is 0.507 e. The maximum absolute atomic E-state index is 10.6. The van der Waals surface area contributed by atoms with Gasteiger partial charge >= 0.3 is 5.97 Å². The molecular weight excluding hydrogens is 182 g/mol. The molecule has 0 saturated carbocycles. The van der Waals surface area contributed by atoms with E-state index < -0.39 is 5.97 Å². The maximum Gasteiger partial charge on any atom is 0.339 e. The van der Waals surface area contributed by atoms with Crippen molar-refractivity contribution in [3.8, 4) is 23.7 Å². The third-order valence-electron chi connectivity index (χ3n) is 1.49. The van der Waals surface area contributed by atoms with Gasteiger partial charge in [-0.2, -0.15) is 5.26 Å². The average Bonchev–Trinajstić information content (AvgIpc) is 2.16. The number of hydrogen-bond acceptors (Lipinski definition) is 3. The van der Waals surface area contributed by atoms with Crippen molar-refractivity contribution in [1.82, 2.24) is 0 Å². The lowest BCUT2D eigenvalue weighted by Gasteiger charge is -1.98. The van der Waals surface area contributed by atoms with E-state index in [0.717, 1.165) is 0 Å². The van der Waals surface area contributed by atoms with E-state index in [1.54, 1.807) is 6.07 Å². The molecule has 0 fully saturated rings. The van der Waals surface area contributed by atoms with E-state index in [2.05, 4.69) is 11.8 Å². The predicted octanol–water partition coefficient (Wildman–Crippen LogP) is 0.965. The summed E-state index contributed by atoms with van der Waals surface area (Å²) in [5.41, 5.74) is 0.150. The van der Waals surface area contributed by atoms with Gasteiger partial charge in [0.25, 0.3) is 0 Å². The van der Waals surface area contributed by atoms with Crippen LogP contribution in [0.5, 0.6) is 5.75 Å². The lowest BCUT2D eigenvalue weighted by Crippen LogP contribution is -1.96. The van der Waals surface area contributed by atoms with E-state index in [1.807, 2.05) is 0 Å². The third-order valence-corrected chi connectivity index (χ3v) is 1.49. The topological polar surface area (TPSA) is 81.3 Å². The minimum Gasteiger partial charge on any atom is -0.507 e. The molecule has 0 spiro atoms. The van der Waals surface area contributed by atoms with E-state index in [1.165, 1.54) is 18.2 Å². The van der Waals surface area contributed by atoms with Gasteiger partial charge in [0.2, 0.25) is 0 Å². The summed E-state index contributed by atoms with van der Waals surface area (Å²) < 4.78 is 0. The first-order valence-corrected chi connectivity index (χ1v) is 3.61. The van der Waals surface area contributed by atoms with E-state index in [0.29, 0.717) is 5.56 Å². The first-order chi connectivity index (χ1) is 6.65. The highest BCUT2D eigenvalue weighted by Gasteiger charge is 2.08. The van der Waals surface area contributed by atoms with E-state index in [-0.39, 0.29) is 11.3 Å². The second-order valence-corrected chi connectivity index (χ2v) is 2.40. The van der Waals surface area contributed by atoms with Crippen LogP contribution in [0, 0.1) is 23.2 Å². The molecule has 2 N–H and O–H groups in total. The van der Waals surface area contributed by atoms with Crippen LogP contribution in [0.1, 0.15) is 15.9 Å². The van der Waals surface area contributed by atoms with Crippen LogP contribution in [-0.2, 0) is 0 Å². The fourth-order valence-corrected chi connectivity index (χ4v) is 0.885. The van der Waals surface area contributed by atoms with E-state index >= 15 is 0 Å². The second kappa shape index (κ2) is 3.97. The zero-order valence-electron chi connectivity index (χ0n) is 6.98. The molecule has 0 amide bonds. The van der Waals surface area contributed by atoms with Gasteiger partial charge in [0.05, 0.1) is 0 Å². The second-order valence-electron chi connectivity index (χ2n) is 2.40. The quantitative estimate of drug-likeness (QED) is 0.641. The molecule has 4 heteroatoms. The highest BCUT2D eigenvalue weighted by atomic mass is 16.4. The van der Waals surface area contributed by atoms with Crippen LogP contribution < -0.4 is 0 Å². The first-order valence-electron chi connectivity index (χ1n) is 3.61. The fourth-order valence-electron chi connectivity index (χ4n) is 0.885. The number of aromatic hydroxyl groups is 1. The van der Waals surface area contributed by atoms with Crippen LogP contribution in [-0.4, -0.2) is 16.2 Å². The van der Waals surface area contributed by atoms with Gasteiger partial charge in [0.15, 0.2) is 6.07 Å². The van der Waals surface area contributed by atoms with Gasteiger partial charge < -0.3 is 10.2 Å². The number of carbonyl (C=O) groups is 1. The summed E-state index contributed by atoms with van der Waals surface area (Å²) in [5.74, 6) is 3.01. The molecule has 0 atom stereocenters. The summed E-state index contributed by atoms with van der Waals surface area (Å²) in [4.78, 5) is 10.6. The van der Waals surface area contributed by atoms with Gasteiger partial charge in [-0.15, -0.1) is 0 Å². The summed E-state index contributed by atoms with van der Waals surface area (Å²) in [6.45, 7) is 0. The molecule has 0 aliphatic heterocycles. The molecule has 0 heterocycles. The number of aromatic carboxylic acids is 1. The standard InChI is InChI=1S/C10H5NO3/c11-5-1-2-7-3-4-9(12)8(6-7)10(13)14/h3-4,6,12H,(H,13,14). The molecule has 0 aliphatic carbocycles. The molecule has 0 aliphatic rings. The van der Waals surface area contributed by atoms with Crippen molar-refractivity contribution in [3.05, 3.63) is 29.3 Å². The number of nitrogens with zero attached hydrogens (tertiary/aromatic N) is 1. The van der Waals surface area contributed by atoms with E-state index in [9.17, 15) is 4.79 Å². The molecule has 0 aromatic heterocycles. The summed E-state index contributed by atoms with van der Waals surface area (Å²) in [5, 5.41) is 26.0. The lowest BCUT2D eigenvalue weighted by molar-refractivity contribution is 0.0693. The van der Waals surface area contributed by atoms with Crippen LogP contribution >= 0.6 is 0 Å². The zero-order chi connectivity index (χ0) is 10.6. The Kier molecular flexibility index (Phi) is 2.73. The Morgan fingerprint density at radius 2 is 2.14 bits per heavy atom. The van der Waals surface area contributed by atoms with Crippen LogP contribution in [0.3, 0.4) is 0 Å². The molecular formula is C10H5NO3. The predicted molar refractivity (Wildman–Crippen MR) is 47.6 cm³/mol. The van der Waals surface area contributed by atoms with Gasteiger partial charge in [-0.3, -0.25) is 0 Å². The highest BCUT2D eigenvalue weighted by Crippen LogP contribution is 2.17. The number of carboxylic acids is 1. The highest BCUT2D eigenvalue weighted by molar-refractivity contribution is 5.91. The molecule has 68 valence electrons. The Hall–Kier alpha value is -2.46. The lowest BCUT2D eigenvalue weighted by atomic mass is 10.1. The number of rotatable bonds is 1. The van der Waals surface area contributed by atoms with Crippen LogP contribution in [0.2, 0.25) is 0 Å². The Morgan fingerprint density at radius 1 is 1.43 bits per heavy atom. The molecule has 1 rings (SSSR count). The molecule has 0 saturated heterocycles. The van der Waals surface area contributed by atoms with Gasteiger partial charge in [0, 0.05) is 11.5 Å². The van der Waals surface area contributed by atoms with Crippen molar-refractivity contribution < 1.29 is 15.0 Å². The first kappa shape index (κ1) is 9.63. The third kappa shape index (κ3) is 2.02. The molecule has 4 nitrogen and oxygen atoms in total. The number of hydrogen-bond donors (Lipinski definition) is 2. The van der Waals surface area contributed by atoms with Crippen molar-refractivity contribution >= 4 is 5.97 Å². The molecule has 0 radical (unpaired) electrons. The summed E-state index contributed by atoms with van der Waals surface area (Å²) >= 11 is 0. The SMILES string of the molecule is N#CC#Cc1ccc(O)c(C(=O)O)c1. The van der Waals surface area contributed by atoms with Crippen molar-refractivity contribution in [2.24, 2.45) is 0 Å². The van der Waals surface area contributed by atoms with Gasteiger partial charge in [0.1, 0.15) is 11.3 Å². The minimum absolute atomic E-state index is 0.227. The molecule has 1 aromatic carbocycles. The molecule has 0 unspecified atom stereocenters. The summed E-state index contributed by atoms with van der Waals surface area (Å²) in [6, 6.07) is 5.48. The summed E-state index contributed by atoms with van der Waals surface area (Å²) in [7, 11) is 0. The minimum atomic E-state index is -1.23. The monoisotopic (exact) mass is 187 g/mol. The van der Waals surface area contributed by atoms with Crippen molar-refractivity contribution in [2.75, 3.05) is 0 Å². The van der Waals surface area contributed by atoms with E-state index in [4.69, 9.17) is 15.5 Å². The maximum atomic E-state index is 10.6. The van der Waals surface area contributed by atoms with Crippen molar-refractivity contribution in [1.29, 1.82) is 5.26 Å². The summed E-state index contributed by atoms with van der Waals surface area (Å²) in [6.07, 6.45) is 0. The van der Waals surface area contributed by atoms with Crippen molar-refractivity contribution in [2.45, 2.75) is 0 Å². The fraction of sp³-hybridized carbons (Fsp3) is 0. The van der Waals surface area contributed by atoms with Gasteiger partial charge in [-0.1, -0.05) is 5.92 Å². The van der Waals surface area contributed by atoms with Gasteiger partial charge in [-0.05, 0) is 18.2 Å². The Morgan fingerprint density at radius 3 is 2.71 bits per heavy atom. The Balaban J connectivity index is 3.21. The van der Waals surface area contributed by atoms with Crippen LogP contribution in [0.4, 0.5) is 0 Å². The zero-order valence-corrected chi connectivity index (χ0v) is 6.98. The number of benzene rings is 1. The average molecular weight is 187 g/mol. The Labute approximate surface area is 80.0 Å². The Bertz CT molecular complexity index is 474. The van der Waals surface area contributed by atoms with Crippen LogP contribution in [0.15, 0.2) is 18.2 Å². The van der Waals surface area contributed by atoms with Crippen LogP contribution in [0.25, 0.3) is 0 Å². The van der Waals surface area contributed by atoms with Crippen molar-refractivity contribution in [3.63, 3.8) is 0 Å². The number of nitriles is 1. The molecule has 1 aromatic rings. The molecule has 0 bridgehead atoms.